The van der Waals surface area contributed by atoms with Gasteiger partial charge in [-0.25, -0.2) is 0 Å². The van der Waals surface area contributed by atoms with E-state index in [1.807, 2.05) is 11.9 Å². The molecule has 0 unspecified atom stereocenters. The summed E-state index contributed by atoms with van der Waals surface area (Å²) in [6.45, 7) is 2.17. The largest absolute Gasteiger partial charge is 0.333 e. The Morgan fingerprint density at radius 3 is 2.35 bits per heavy atom. The lowest BCUT2D eigenvalue weighted by atomic mass is 10.1. The molecule has 17 heavy (non-hydrogen) atoms. The minimum absolute atomic E-state index is 0.478. The summed E-state index contributed by atoms with van der Waals surface area (Å²) >= 11 is 0. The van der Waals surface area contributed by atoms with E-state index in [2.05, 4.69) is 31.2 Å². The van der Waals surface area contributed by atoms with Crippen molar-refractivity contribution in [2.45, 2.75) is 39.0 Å². The van der Waals surface area contributed by atoms with Crippen molar-refractivity contribution in [3.05, 3.63) is 29.8 Å². The van der Waals surface area contributed by atoms with Crippen LogP contribution >= 0.6 is 0 Å². The highest BCUT2D eigenvalue weighted by molar-refractivity contribution is 5.96. The summed E-state index contributed by atoms with van der Waals surface area (Å²) in [6, 6.07) is 8.58. The number of hydrogen-bond acceptors (Lipinski definition) is 1. The first-order valence-electron chi connectivity index (χ1n) is 6.63. The third-order valence-corrected chi connectivity index (χ3v) is 3.84. The first-order valence-corrected chi connectivity index (χ1v) is 6.63. The zero-order valence-electron chi connectivity index (χ0n) is 10.9. The highest BCUT2D eigenvalue weighted by Gasteiger charge is 2.22. The average Bonchev–Trinajstić information content (AvgIpc) is 2.91. The molecule has 1 aromatic carbocycles. The average molecular weight is 230 g/mol. The molecule has 1 saturated carbocycles. The van der Waals surface area contributed by atoms with E-state index in [9.17, 15) is 0 Å². The molecule has 0 radical (unpaired) electrons. The normalized spacial score (nSPS) is 16.1. The number of amidine groups is 1. The van der Waals surface area contributed by atoms with Crippen LogP contribution in [0.1, 0.15) is 38.2 Å². The molecule has 0 heterocycles. The molecule has 2 nitrogen and oxygen atoms in total. The molecule has 0 aliphatic heterocycles. The minimum Gasteiger partial charge on any atom is -0.333 e. The van der Waals surface area contributed by atoms with Crippen LogP contribution in [0.5, 0.6) is 0 Å². The summed E-state index contributed by atoms with van der Waals surface area (Å²) in [7, 11) is 2.02. The van der Waals surface area contributed by atoms with E-state index in [0.29, 0.717) is 5.92 Å². The number of nitrogens with one attached hydrogen (secondary N) is 1. The van der Waals surface area contributed by atoms with Crippen LogP contribution in [0.25, 0.3) is 0 Å². The zero-order chi connectivity index (χ0) is 12.3. The molecule has 0 spiro atoms. The predicted molar refractivity (Wildman–Crippen MR) is 73.9 cm³/mol. The fourth-order valence-electron chi connectivity index (χ4n) is 2.57. The maximum Gasteiger partial charge on any atom is 0.103 e. The van der Waals surface area contributed by atoms with E-state index in [-0.39, 0.29) is 0 Å². The number of rotatable bonds is 3. The summed E-state index contributed by atoms with van der Waals surface area (Å²) < 4.78 is 0. The van der Waals surface area contributed by atoms with Gasteiger partial charge < -0.3 is 4.90 Å². The summed E-state index contributed by atoms with van der Waals surface area (Å²) in [5, 5.41) is 8.25. The summed E-state index contributed by atoms with van der Waals surface area (Å²) in [5.41, 5.74) is 2.49. The first-order chi connectivity index (χ1) is 8.22. The van der Waals surface area contributed by atoms with E-state index in [1.54, 1.807) is 0 Å². The molecule has 1 aromatic rings. The van der Waals surface area contributed by atoms with E-state index in [0.717, 1.165) is 17.9 Å². The third-order valence-electron chi connectivity index (χ3n) is 3.84. The second-order valence-electron chi connectivity index (χ2n) is 4.95. The number of anilines is 1. The van der Waals surface area contributed by atoms with Crippen LogP contribution in [0.3, 0.4) is 0 Å². The van der Waals surface area contributed by atoms with Crippen molar-refractivity contribution in [1.82, 2.24) is 0 Å². The van der Waals surface area contributed by atoms with Gasteiger partial charge in [0.2, 0.25) is 0 Å². The quantitative estimate of drug-likeness (QED) is 0.619. The van der Waals surface area contributed by atoms with Gasteiger partial charge in [0.15, 0.2) is 0 Å². The molecule has 92 valence electrons. The van der Waals surface area contributed by atoms with Crippen molar-refractivity contribution in [3.8, 4) is 0 Å². The van der Waals surface area contributed by atoms with E-state index in [1.165, 1.54) is 31.2 Å². The Hall–Kier alpha value is -1.31. The fourth-order valence-corrected chi connectivity index (χ4v) is 2.57. The highest BCUT2D eigenvalue weighted by Crippen LogP contribution is 2.28. The molecule has 1 aliphatic rings. The van der Waals surface area contributed by atoms with Gasteiger partial charge in [-0.3, -0.25) is 5.41 Å². The molecule has 0 bridgehead atoms. The van der Waals surface area contributed by atoms with Crippen molar-refractivity contribution >= 4 is 11.5 Å². The van der Waals surface area contributed by atoms with Gasteiger partial charge in [0, 0.05) is 18.7 Å². The highest BCUT2D eigenvalue weighted by atomic mass is 15.1. The van der Waals surface area contributed by atoms with Crippen molar-refractivity contribution in [1.29, 1.82) is 5.41 Å². The SMILES string of the molecule is CCc1ccc(N(C)C(=N)C2CCCC2)cc1. The summed E-state index contributed by atoms with van der Waals surface area (Å²) in [6.07, 6.45) is 6.03. The maximum atomic E-state index is 8.25. The molecule has 0 atom stereocenters. The Morgan fingerprint density at radius 1 is 1.24 bits per heavy atom. The third kappa shape index (κ3) is 2.68. The van der Waals surface area contributed by atoms with Crippen molar-refractivity contribution in [2.75, 3.05) is 11.9 Å². The Balaban J connectivity index is 2.07. The van der Waals surface area contributed by atoms with Crippen molar-refractivity contribution in [2.24, 2.45) is 5.92 Å². The predicted octanol–water partition coefficient (Wildman–Crippen LogP) is 3.85. The van der Waals surface area contributed by atoms with Crippen LogP contribution < -0.4 is 4.90 Å². The van der Waals surface area contributed by atoms with Gasteiger partial charge in [-0.05, 0) is 37.0 Å². The van der Waals surface area contributed by atoms with Crippen LogP contribution in [0.15, 0.2) is 24.3 Å². The van der Waals surface area contributed by atoms with Gasteiger partial charge in [0.25, 0.3) is 0 Å². The number of benzene rings is 1. The van der Waals surface area contributed by atoms with Crippen molar-refractivity contribution in [3.63, 3.8) is 0 Å². The second kappa shape index (κ2) is 5.35. The van der Waals surface area contributed by atoms with Crippen molar-refractivity contribution < 1.29 is 0 Å². The van der Waals surface area contributed by atoms with E-state index >= 15 is 0 Å². The van der Waals surface area contributed by atoms with Gasteiger partial charge in [-0.15, -0.1) is 0 Å². The lowest BCUT2D eigenvalue weighted by molar-refractivity contribution is 0.710. The van der Waals surface area contributed by atoms with Crippen LogP contribution in [-0.2, 0) is 6.42 Å². The van der Waals surface area contributed by atoms with Gasteiger partial charge in [-0.2, -0.15) is 0 Å². The molecular formula is C15H22N2. The minimum atomic E-state index is 0.478. The Morgan fingerprint density at radius 2 is 1.82 bits per heavy atom. The summed E-state index contributed by atoms with van der Waals surface area (Å²) in [4.78, 5) is 2.04. The summed E-state index contributed by atoms with van der Waals surface area (Å²) in [5.74, 6) is 1.26. The van der Waals surface area contributed by atoms with Crippen LogP contribution in [0, 0.1) is 11.3 Å². The number of nitrogens with zero attached hydrogens (tertiary/aromatic N) is 1. The van der Waals surface area contributed by atoms with Gasteiger partial charge in [0.05, 0.1) is 0 Å². The van der Waals surface area contributed by atoms with Gasteiger partial charge in [-0.1, -0.05) is 31.9 Å². The topological polar surface area (TPSA) is 27.1 Å². The second-order valence-corrected chi connectivity index (χ2v) is 4.95. The lowest BCUT2D eigenvalue weighted by Crippen LogP contribution is -2.30. The Bertz CT molecular complexity index is 374. The molecule has 1 fully saturated rings. The standard InChI is InChI=1S/C15H22N2/c1-3-12-8-10-14(11-9-12)17(2)15(16)13-6-4-5-7-13/h8-11,13,16H,3-7H2,1-2H3. The Kier molecular flexibility index (Phi) is 3.82. The monoisotopic (exact) mass is 230 g/mol. The van der Waals surface area contributed by atoms with Gasteiger partial charge >= 0.3 is 0 Å². The lowest BCUT2D eigenvalue weighted by Gasteiger charge is -2.24. The number of aryl methyl sites for hydroxylation is 1. The zero-order valence-corrected chi connectivity index (χ0v) is 10.9. The maximum absolute atomic E-state index is 8.25. The smallest absolute Gasteiger partial charge is 0.103 e. The number of hydrogen-bond donors (Lipinski definition) is 1. The van der Waals surface area contributed by atoms with E-state index in [4.69, 9.17) is 5.41 Å². The molecule has 1 N–H and O–H groups in total. The first kappa shape index (κ1) is 12.2. The fraction of sp³-hybridized carbons (Fsp3) is 0.533. The molecular weight excluding hydrogens is 208 g/mol. The molecule has 0 saturated heterocycles. The van der Waals surface area contributed by atoms with Crippen LogP contribution in [0.4, 0.5) is 5.69 Å². The Labute approximate surface area is 104 Å². The van der Waals surface area contributed by atoms with Crippen LogP contribution in [-0.4, -0.2) is 12.9 Å². The molecule has 2 heteroatoms. The van der Waals surface area contributed by atoms with Crippen LogP contribution in [0.2, 0.25) is 0 Å². The molecule has 0 aromatic heterocycles. The molecule has 2 rings (SSSR count). The van der Waals surface area contributed by atoms with E-state index < -0.39 is 0 Å². The molecule has 0 amide bonds. The molecule has 1 aliphatic carbocycles. The van der Waals surface area contributed by atoms with Gasteiger partial charge in [0.1, 0.15) is 5.84 Å².